The zero-order chi connectivity index (χ0) is 19.6. The molecule has 8 nitrogen and oxygen atoms in total. The van der Waals surface area contributed by atoms with Crippen LogP contribution in [0.4, 0.5) is 0 Å². The van der Waals surface area contributed by atoms with E-state index >= 15 is 0 Å². The molecule has 1 aromatic heterocycles. The van der Waals surface area contributed by atoms with Crippen LogP contribution in [-0.2, 0) is 14.8 Å². The highest BCUT2D eigenvalue weighted by molar-refractivity contribution is 7.89. The normalized spacial score (nSPS) is 12.6. The van der Waals surface area contributed by atoms with E-state index in [4.69, 9.17) is 25.9 Å². The molecule has 10 heteroatoms. The van der Waals surface area contributed by atoms with Crippen molar-refractivity contribution >= 4 is 27.6 Å². The molecule has 3 aromatic rings. The molecule has 0 fully saturated rings. The minimum absolute atomic E-state index is 0.0296. The maximum Gasteiger partial charge on any atom is 0.338 e. The summed E-state index contributed by atoms with van der Waals surface area (Å²) in [6, 6.07) is 12.7. The third-order valence-corrected chi connectivity index (χ3v) is 4.96. The number of halogens is 1. The fourth-order valence-electron chi connectivity index (χ4n) is 2.22. The van der Waals surface area contributed by atoms with E-state index in [0.717, 1.165) is 11.6 Å². The van der Waals surface area contributed by atoms with E-state index in [9.17, 15) is 13.2 Å². The lowest BCUT2D eigenvalue weighted by Crippen LogP contribution is -2.15. The monoisotopic (exact) mass is 407 g/mol. The number of nitrogens with two attached hydrogens (primary N) is 1. The van der Waals surface area contributed by atoms with Gasteiger partial charge in [-0.25, -0.2) is 18.4 Å². The predicted octanol–water partition coefficient (Wildman–Crippen LogP) is 2.96. The zero-order valence-corrected chi connectivity index (χ0v) is 15.6. The van der Waals surface area contributed by atoms with E-state index in [1.54, 1.807) is 19.1 Å². The number of carbonyl (C=O) groups excluding carboxylic acids is 1. The number of nitrogens with zero attached hydrogens (tertiary/aromatic N) is 2. The van der Waals surface area contributed by atoms with Crippen LogP contribution in [0, 0.1) is 0 Å². The molecule has 0 aliphatic rings. The molecular weight excluding hydrogens is 394 g/mol. The van der Waals surface area contributed by atoms with Crippen LogP contribution in [0.2, 0.25) is 5.02 Å². The maximum atomic E-state index is 12.3. The molecule has 0 bridgehead atoms. The molecule has 1 heterocycles. The topological polar surface area (TPSA) is 125 Å². The Bertz CT molecular complexity index is 1080. The van der Waals surface area contributed by atoms with E-state index < -0.39 is 22.1 Å². The fourth-order valence-corrected chi connectivity index (χ4v) is 3.29. The minimum atomic E-state index is -4.08. The first kappa shape index (κ1) is 19.0. The van der Waals surface area contributed by atoms with Crippen LogP contribution in [0.5, 0.6) is 0 Å². The maximum absolute atomic E-state index is 12.3. The van der Waals surface area contributed by atoms with Crippen molar-refractivity contribution in [2.24, 2.45) is 5.14 Å². The van der Waals surface area contributed by atoms with Crippen LogP contribution >= 0.6 is 11.6 Å². The molecule has 3 rings (SSSR count). The SMILES string of the molecule is C[C@H](OC(=O)c1ccc(Cl)c(S(N)(=O)=O)c1)c1nnc(-c2ccccc2)o1. The number of carbonyl (C=O) groups is 1. The van der Waals surface area contributed by atoms with Crippen LogP contribution < -0.4 is 5.14 Å². The van der Waals surface area contributed by atoms with Gasteiger partial charge in [0, 0.05) is 5.56 Å². The van der Waals surface area contributed by atoms with E-state index in [1.165, 1.54) is 12.1 Å². The van der Waals surface area contributed by atoms with E-state index in [0.29, 0.717) is 0 Å². The lowest BCUT2D eigenvalue weighted by molar-refractivity contribution is 0.0279. The van der Waals surface area contributed by atoms with Crippen LogP contribution in [-0.4, -0.2) is 24.6 Å². The Labute approximate surface area is 160 Å². The minimum Gasteiger partial charge on any atom is -0.449 e. The highest BCUT2D eigenvalue weighted by Crippen LogP contribution is 2.25. The largest absolute Gasteiger partial charge is 0.449 e. The van der Waals surface area contributed by atoms with E-state index in [2.05, 4.69) is 10.2 Å². The Morgan fingerprint density at radius 1 is 1.19 bits per heavy atom. The highest BCUT2D eigenvalue weighted by Gasteiger charge is 2.22. The van der Waals surface area contributed by atoms with Gasteiger partial charge in [-0.15, -0.1) is 10.2 Å². The molecule has 0 aliphatic heterocycles. The molecule has 2 N–H and O–H groups in total. The van der Waals surface area contributed by atoms with Gasteiger partial charge >= 0.3 is 5.97 Å². The average molecular weight is 408 g/mol. The van der Waals surface area contributed by atoms with Crippen LogP contribution in [0.1, 0.15) is 29.3 Å². The number of aromatic nitrogens is 2. The number of rotatable bonds is 5. The Hall–Kier alpha value is -2.75. The van der Waals surface area contributed by atoms with Crippen molar-refractivity contribution in [3.05, 3.63) is 65.0 Å². The van der Waals surface area contributed by atoms with Crippen molar-refractivity contribution in [1.29, 1.82) is 0 Å². The molecule has 0 saturated carbocycles. The lowest BCUT2D eigenvalue weighted by Gasteiger charge is -2.10. The summed E-state index contributed by atoms with van der Waals surface area (Å²) >= 11 is 5.80. The summed E-state index contributed by atoms with van der Waals surface area (Å²) in [6.45, 7) is 1.55. The first-order chi connectivity index (χ1) is 12.8. The fraction of sp³-hybridized carbons (Fsp3) is 0.118. The van der Waals surface area contributed by atoms with Gasteiger partial charge in [-0.05, 0) is 37.3 Å². The summed E-state index contributed by atoms with van der Waals surface area (Å²) in [7, 11) is -4.08. The molecule has 27 heavy (non-hydrogen) atoms. The Kier molecular flexibility index (Phi) is 5.26. The third-order valence-electron chi connectivity index (χ3n) is 3.57. The summed E-state index contributed by atoms with van der Waals surface area (Å²) < 4.78 is 33.8. The van der Waals surface area contributed by atoms with E-state index in [1.807, 2.05) is 18.2 Å². The van der Waals surface area contributed by atoms with Gasteiger partial charge in [-0.2, -0.15) is 0 Å². The number of sulfonamides is 1. The molecule has 0 radical (unpaired) electrons. The average Bonchev–Trinajstić information content (AvgIpc) is 3.12. The van der Waals surface area contributed by atoms with Crippen molar-refractivity contribution in [3.63, 3.8) is 0 Å². The summed E-state index contributed by atoms with van der Waals surface area (Å²) in [6.07, 6.45) is -0.851. The second-order valence-electron chi connectivity index (χ2n) is 5.55. The number of ether oxygens (including phenoxy) is 1. The highest BCUT2D eigenvalue weighted by atomic mass is 35.5. The first-order valence-corrected chi connectivity index (χ1v) is 9.60. The molecule has 1 atom stereocenters. The summed E-state index contributed by atoms with van der Waals surface area (Å²) in [5.74, 6) is -0.400. The van der Waals surface area contributed by atoms with E-state index in [-0.39, 0.29) is 27.3 Å². The molecular formula is C17H14ClN3O5S. The molecule has 0 spiro atoms. The number of esters is 1. The number of hydrogen-bond acceptors (Lipinski definition) is 7. The second-order valence-corrected chi connectivity index (χ2v) is 7.49. The summed E-state index contributed by atoms with van der Waals surface area (Å²) in [5.41, 5.74) is 0.698. The molecule has 0 saturated heterocycles. The Morgan fingerprint density at radius 2 is 1.89 bits per heavy atom. The quantitative estimate of drug-likeness (QED) is 0.644. The summed E-state index contributed by atoms with van der Waals surface area (Å²) in [5, 5.41) is 12.8. The van der Waals surface area contributed by atoms with Gasteiger partial charge in [0.25, 0.3) is 5.89 Å². The van der Waals surface area contributed by atoms with Crippen molar-refractivity contribution in [2.75, 3.05) is 0 Å². The zero-order valence-electron chi connectivity index (χ0n) is 14.0. The summed E-state index contributed by atoms with van der Waals surface area (Å²) in [4.78, 5) is 11.9. The third kappa shape index (κ3) is 4.33. The van der Waals surface area contributed by atoms with Gasteiger partial charge in [0.2, 0.25) is 15.9 Å². The lowest BCUT2D eigenvalue weighted by atomic mass is 10.2. The van der Waals surface area contributed by atoms with Crippen LogP contribution in [0.3, 0.4) is 0 Å². The van der Waals surface area contributed by atoms with Crippen LogP contribution in [0.25, 0.3) is 11.5 Å². The Morgan fingerprint density at radius 3 is 2.56 bits per heavy atom. The number of hydrogen-bond donors (Lipinski definition) is 1. The van der Waals surface area contributed by atoms with Gasteiger partial charge in [0.05, 0.1) is 10.6 Å². The molecule has 0 aliphatic carbocycles. The van der Waals surface area contributed by atoms with Crippen molar-refractivity contribution < 1.29 is 22.4 Å². The standard InChI is InChI=1S/C17H14ClN3O5S/c1-10(15-20-21-16(26-15)11-5-3-2-4-6-11)25-17(22)12-7-8-13(18)14(9-12)27(19,23)24/h2-10H,1H3,(H2,19,23,24)/t10-/m0/s1. The molecule has 140 valence electrons. The van der Waals surface area contributed by atoms with Crippen LogP contribution in [0.15, 0.2) is 57.8 Å². The molecule has 2 aromatic carbocycles. The first-order valence-electron chi connectivity index (χ1n) is 7.68. The Balaban J connectivity index is 1.78. The van der Waals surface area contributed by atoms with Crippen molar-refractivity contribution in [1.82, 2.24) is 10.2 Å². The van der Waals surface area contributed by atoms with Gasteiger partial charge in [0.1, 0.15) is 4.90 Å². The number of benzene rings is 2. The second kappa shape index (κ2) is 7.47. The molecule has 0 unspecified atom stereocenters. The van der Waals surface area contributed by atoms with Gasteiger partial charge in [-0.3, -0.25) is 0 Å². The number of primary sulfonamides is 1. The smallest absolute Gasteiger partial charge is 0.338 e. The van der Waals surface area contributed by atoms with Crippen molar-refractivity contribution in [2.45, 2.75) is 17.9 Å². The van der Waals surface area contributed by atoms with Gasteiger partial charge in [0.15, 0.2) is 6.10 Å². The predicted molar refractivity (Wildman–Crippen MR) is 96.4 cm³/mol. The van der Waals surface area contributed by atoms with Gasteiger partial charge < -0.3 is 9.15 Å². The van der Waals surface area contributed by atoms with Gasteiger partial charge in [-0.1, -0.05) is 29.8 Å². The van der Waals surface area contributed by atoms with Crippen molar-refractivity contribution in [3.8, 4) is 11.5 Å². The molecule has 0 amide bonds.